The number of ether oxygens (including phenoxy) is 2. The molecule has 0 unspecified atom stereocenters. The third kappa shape index (κ3) is 8.45. The van der Waals surface area contributed by atoms with Gasteiger partial charge >= 0.3 is 6.18 Å². The van der Waals surface area contributed by atoms with E-state index in [9.17, 15) is 18.0 Å². The van der Waals surface area contributed by atoms with Crippen LogP contribution in [0, 0.1) is 0 Å². The molecule has 3 aromatic carbocycles. The lowest BCUT2D eigenvalue weighted by atomic mass is 10.0. The van der Waals surface area contributed by atoms with E-state index < -0.39 is 12.1 Å². The van der Waals surface area contributed by atoms with E-state index in [2.05, 4.69) is 66.8 Å². The summed E-state index contributed by atoms with van der Waals surface area (Å²) in [7, 11) is 4.62. The van der Waals surface area contributed by atoms with Gasteiger partial charge in [-0.3, -0.25) is 9.69 Å². The number of piperazine rings is 1. The third-order valence-electron chi connectivity index (χ3n) is 6.96. The number of carbonyl (C=O) groups excluding carboxylic acids is 2. The lowest BCUT2D eigenvalue weighted by molar-refractivity contribution is -0.894. The normalized spacial score (nSPS) is 15.9. The lowest BCUT2D eigenvalue weighted by Crippen LogP contribution is -2.54. The molecular formula is C30H32F3N3O5. The number of carboxylic acid groups (broad SMARTS) is 1. The Morgan fingerprint density at radius 3 is 2.12 bits per heavy atom. The van der Waals surface area contributed by atoms with E-state index in [0.717, 1.165) is 35.2 Å². The van der Waals surface area contributed by atoms with Crippen LogP contribution in [0.5, 0.6) is 11.5 Å². The molecule has 2 aliphatic rings. The Balaban J connectivity index is 0.000000493. The number of quaternary nitrogens is 1. The highest BCUT2D eigenvalue weighted by atomic mass is 19.4. The number of carboxylic acids is 1. The molecule has 0 aromatic heterocycles. The number of hydrogen-bond acceptors (Lipinski definition) is 6. The Morgan fingerprint density at radius 1 is 0.902 bits per heavy atom. The smallest absolute Gasteiger partial charge is 0.430 e. The van der Waals surface area contributed by atoms with Gasteiger partial charge in [0.1, 0.15) is 5.97 Å². The molecule has 1 N–H and O–H groups in total. The first-order chi connectivity index (χ1) is 19.4. The highest BCUT2D eigenvalue weighted by Crippen LogP contribution is 2.32. The number of likely N-dealkylation sites (N-methyl/N-ethyl adjacent to an activating group) is 1. The molecule has 1 saturated heterocycles. The number of nitrogens with one attached hydrogen (secondary N) is 1. The molecule has 2 aliphatic heterocycles. The molecule has 3 aromatic rings. The van der Waals surface area contributed by atoms with Crippen molar-refractivity contribution in [3.8, 4) is 22.6 Å². The molecule has 0 spiro atoms. The Morgan fingerprint density at radius 2 is 1.49 bits per heavy atom. The highest BCUT2D eigenvalue weighted by molar-refractivity contribution is 5.94. The van der Waals surface area contributed by atoms with Crippen molar-refractivity contribution in [3.63, 3.8) is 0 Å². The van der Waals surface area contributed by atoms with Crippen molar-refractivity contribution in [1.29, 1.82) is 0 Å². The van der Waals surface area contributed by atoms with E-state index in [-0.39, 0.29) is 12.7 Å². The number of nitrogens with zero attached hydrogens (tertiary/aromatic N) is 2. The van der Waals surface area contributed by atoms with Crippen LogP contribution in [-0.2, 0) is 17.9 Å². The van der Waals surface area contributed by atoms with Gasteiger partial charge in [0.25, 0.3) is 5.91 Å². The van der Waals surface area contributed by atoms with Crippen molar-refractivity contribution < 1.29 is 41.8 Å². The second-order valence-corrected chi connectivity index (χ2v) is 10.6. The van der Waals surface area contributed by atoms with Crippen LogP contribution in [0.1, 0.15) is 21.5 Å². The molecule has 2 heterocycles. The van der Waals surface area contributed by atoms with Gasteiger partial charge in [-0.2, -0.15) is 13.2 Å². The molecule has 0 bridgehead atoms. The molecule has 8 nitrogen and oxygen atoms in total. The maximum atomic E-state index is 12.6. The van der Waals surface area contributed by atoms with Crippen molar-refractivity contribution in [1.82, 2.24) is 10.2 Å². The van der Waals surface area contributed by atoms with E-state index in [1.165, 1.54) is 24.2 Å². The number of benzene rings is 3. The van der Waals surface area contributed by atoms with E-state index in [1.807, 2.05) is 6.07 Å². The largest absolute Gasteiger partial charge is 0.542 e. The standard InChI is InChI=1S/C28H31N3O3.C2HF3O2/c1-31(2)13-11-30(12-14-31)19-22-6-4-8-24(16-22)23-7-3-5-21(15-23)18-29-28(32)25-9-10-26-27(17-25)34-20-33-26;3-2(4,5)1(6)7/h3-10,15-17H,11-14,18-20H2,1-2H3;(H,6,7). The Hall–Kier alpha value is -4.09. The Bertz CT molecular complexity index is 1380. The summed E-state index contributed by atoms with van der Waals surface area (Å²) in [5.74, 6) is -1.85. The number of fused-ring (bicyclic) bond motifs is 1. The average molecular weight is 572 g/mol. The van der Waals surface area contributed by atoms with Gasteiger partial charge in [-0.1, -0.05) is 36.4 Å². The topological polar surface area (TPSA) is 90.9 Å². The summed E-state index contributed by atoms with van der Waals surface area (Å²) in [6.45, 7) is 6.30. The van der Waals surface area contributed by atoms with E-state index in [4.69, 9.17) is 19.4 Å². The SMILES string of the molecule is C[N+]1(C)CCN(Cc2cccc(-c3cccc(CNC(=O)c4ccc5c(c4)OCO5)c3)c2)CC1.O=C([O-])C(F)(F)F. The van der Waals surface area contributed by atoms with Crippen LogP contribution in [0.2, 0.25) is 0 Å². The fourth-order valence-electron chi connectivity index (χ4n) is 4.50. The molecule has 11 heteroatoms. The summed E-state index contributed by atoms with van der Waals surface area (Å²) in [6, 6.07) is 22.4. The van der Waals surface area contributed by atoms with Crippen molar-refractivity contribution in [3.05, 3.63) is 83.4 Å². The van der Waals surface area contributed by atoms with Gasteiger partial charge in [-0.05, 0) is 52.6 Å². The molecule has 0 aliphatic carbocycles. The van der Waals surface area contributed by atoms with E-state index >= 15 is 0 Å². The maximum Gasteiger partial charge on any atom is 0.430 e. The van der Waals surface area contributed by atoms with Gasteiger partial charge in [0.15, 0.2) is 11.5 Å². The summed E-state index contributed by atoms with van der Waals surface area (Å²) < 4.78 is 43.4. The number of amides is 1. The number of aliphatic carboxylic acids is 1. The monoisotopic (exact) mass is 571 g/mol. The number of carbonyl (C=O) groups is 2. The van der Waals surface area contributed by atoms with Crippen molar-refractivity contribution >= 4 is 11.9 Å². The van der Waals surface area contributed by atoms with Gasteiger partial charge in [-0.25, -0.2) is 0 Å². The van der Waals surface area contributed by atoms with Crippen LogP contribution in [0.4, 0.5) is 13.2 Å². The first kappa shape index (κ1) is 29.9. The summed E-state index contributed by atoms with van der Waals surface area (Å²) >= 11 is 0. The van der Waals surface area contributed by atoms with Crippen molar-refractivity contribution in [2.75, 3.05) is 47.1 Å². The molecule has 0 atom stereocenters. The summed E-state index contributed by atoms with van der Waals surface area (Å²) in [5.41, 5.74) is 5.33. The molecule has 0 saturated carbocycles. The van der Waals surface area contributed by atoms with Gasteiger partial charge in [0, 0.05) is 31.7 Å². The van der Waals surface area contributed by atoms with Crippen LogP contribution < -0.4 is 19.9 Å². The molecule has 1 amide bonds. The minimum Gasteiger partial charge on any atom is -0.542 e. The van der Waals surface area contributed by atoms with E-state index in [0.29, 0.717) is 23.6 Å². The fraction of sp³-hybridized carbons (Fsp3) is 0.333. The predicted molar refractivity (Wildman–Crippen MR) is 144 cm³/mol. The second kappa shape index (κ2) is 12.6. The Kier molecular flexibility index (Phi) is 9.19. The first-order valence-corrected chi connectivity index (χ1v) is 13.1. The molecule has 218 valence electrons. The van der Waals surface area contributed by atoms with Gasteiger partial charge in [0.05, 0.1) is 27.2 Å². The number of halogens is 3. The number of hydrogen-bond donors (Lipinski definition) is 1. The summed E-state index contributed by atoms with van der Waals surface area (Å²) in [6.07, 6.45) is -5.19. The van der Waals surface area contributed by atoms with Gasteiger partial charge in [-0.15, -0.1) is 0 Å². The van der Waals surface area contributed by atoms with Crippen LogP contribution in [-0.4, -0.2) is 74.5 Å². The van der Waals surface area contributed by atoms with Crippen molar-refractivity contribution in [2.24, 2.45) is 0 Å². The lowest BCUT2D eigenvalue weighted by Gasteiger charge is -2.39. The molecule has 41 heavy (non-hydrogen) atoms. The van der Waals surface area contributed by atoms with Crippen molar-refractivity contribution in [2.45, 2.75) is 19.3 Å². The summed E-state index contributed by atoms with van der Waals surface area (Å²) in [5, 5.41) is 11.8. The third-order valence-corrected chi connectivity index (χ3v) is 6.96. The zero-order valence-electron chi connectivity index (χ0n) is 22.9. The molecule has 5 rings (SSSR count). The quantitative estimate of drug-likeness (QED) is 0.457. The highest BCUT2D eigenvalue weighted by Gasteiger charge is 2.29. The Labute approximate surface area is 236 Å². The minimum atomic E-state index is -5.19. The van der Waals surface area contributed by atoms with Crippen LogP contribution in [0.15, 0.2) is 66.7 Å². The van der Waals surface area contributed by atoms with Crippen LogP contribution in [0.25, 0.3) is 11.1 Å². The number of rotatable bonds is 6. The van der Waals surface area contributed by atoms with Crippen LogP contribution >= 0.6 is 0 Å². The summed E-state index contributed by atoms with van der Waals surface area (Å²) in [4.78, 5) is 24.0. The first-order valence-electron chi connectivity index (χ1n) is 13.1. The van der Waals surface area contributed by atoms with Gasteiger partial charge in [0.2, 0.25) is 6.79 Å². The predicted octanol–water partition coefficient (Wildman–Crippen LogP) is 3.20. The zero-order valence-corrected chi connectivity index (χ0v) is 22.9. The van der Waals surface area contributed by atoms with Gasteiger partial charge < -0.3 is 29.2 Å². The minimum absolute atomic E-state index is 0.131. The van der Waals surface area contributed by atoms with Crippen LogP contribution in [0.3, 0.4) is 0 Å². The zero-order chi connectivity index (χ0) is 29.6. The second-order valence-electron chi connectivity index (χ2n) is 10.6. The molecule has 0 radical (unpaired) electrons. The average Bonchev–Trinajstić information content (AvgIpc) is 3.41. The molecule has 1 fully saturated rings. The maximum absolute atomic E-state index is 12.6. The van der Waals surface area contributed by atoms with E-state index in [1.54, 1.807) is 18.2 Å². The number of alkyl halides is 3. The molecular weight excluding hydrogens is 539 g/mol. The fourth-order valence-corrected chi connectivity index (χ4v) is 4.50.